The quantitative estimate of drug-likeness (QED) is 0.161. The van der Waals surface area contributed by atoms with E-state index in [1.807, 2.05) is 0 Å². The Bertz CT molecular complexity index is 2730. The Morgan fingerprint density at radius 1 is 0.364 bits per heavy atom. The van der Waals surface area contributed by atoms with Gasteiger partial charge in [0.05, 0.1) is 0 Å². The molecule has 8 aromatic rings. The van der Waals surface area contributed by atoms with Crippen LogP contribution in [-0.4, -0.2) is 0 Å². The molecule has 1 spiro atoms. The standard InChI is InChI=1S/C54H43N/c1-2-8-37(9-3-1)38-14-16-39(17-15-38)40-20-22-45(23-21-40)55(46-24-26-49-42(33-46)19-18-41-10-4-5-11-48(41)49)47-25-27-51-50-12-6-7-13-52(50)54(53(51)34-47)43-29-35-28-36(31-43)32-44(54)30-35/h1-27,33-36,43-44H,28-32H2. The van der Waals surface area contributed by atoms with Gasteiger partial charge >= 0.3 is 0 Å². The van der Waals surface area contributed by atoms with Gasteiger partial charge in [-0.05, 0) is 158 Å². The van der Waals surface area contributed by atoms with Crippen LogP contribution in [0.15, 0.2) is 176 Å². The van der Waals surface area contributed by atoms with Gasteiger partial charge in [-0.1, -0.05) is 140 Å². The van der Waals surface area contributed by atoms with Crippen LogP contribution < -0.4 is 4.90 Å². The molecule has 1 heteroatoms. The van der Waals surface area contributed by atoms with E-state index in [0.717, 1.165) is 23.7 Å². The lowest BCUT2D eigenvalue weighted by molar-refractivity contribution is -0.0399. The lowest BCUT2D eigenvalue weighted by atomic mass is 9.43. The number of rotatable bonds is 5. The summed E-state index contributed by atoms with van der Waals surface area (Å²) in [7, 11) is 0. The second kappa shape index (κ2) is 12.0. The van der Waals surface area contributed by atoms with E-state index in [-0.39, 0.29) is 5.41 Å². The number of fused-ring (bicyclic) bond motifs is 6. The molecule has 0 aromatic heterocycles. The summed E-state index contributed by atoms with van der Waals surface area (Å²) in [5.74, 6) is 3.31. The zero-order valence-electron chi connectivity index (χ0n) is 31.0. The smallest absolute Gasteiger partial charge is 0.0468 e. The van der Waals surface area contributed by atoms with E-state index in [0.29, 0.717) is 0 Å². The van der Waals surface area contributed by atoms with Crippen molar-refractivity contribution < 1.29 is 0 Å². The highest BCUT2D eigenvalue weighted by molar-refractivity contribution is 6.08. The number of anilines is 3. The summed E-state index contributed by atoms with van der Waals surface area (Å²) >= 11 is 0. The van der Waals surface area contributed by atoms with Gasteiger partial charge in [-0.2, -0.15) is 0 Å². The fourth-order valence-corrected chi connectivity index (χ4v) is 12.2. The average molecular weight is 706 g/mol. The van der Waals surface area contributed by atoms with Crippen molar-refractivity contribution in [3.63, 3.8) is 0 Å². The van der Waals surface area contributed by atoms with Crippen LogP contribution in [0.25, 0.3) is 54.9 Å². The molecule has 0 saturated heterocycles. The maximum absolute atomic E-state index is 2.62. The minimum absolute atomic E-state index is 0.124. The molecule has 0 amide bonds. The number of nitrogens with zero attached hydrogens (tertiary/aromatic N) is 1. The Labute approximate surface area is 323 Å². The van der Waals surface area contributed by atoms with E-state index in [1.54, 1.807) is 11.1 Å². The van der Waals surface area contributed by atoms with Crippen LogP contribution in [0.5, 0.6) is 0 Å². The molecular formula is C54H43N. The maximum atomic E-state index is 2.62. The summed E-state index contributed by atoms with van der Waals surface area (Å²) in [5.41, 5.74) is 14.8. The van der Waals surface area contributed by atoms with Crippen molar-refractivity contribution in [3.8, 4) is 33.4 Å². The van der Waals surface area contributed by atoms with Gasteiger partial charge in [0, 0.05) is 22.5 Å². The second-order valence-electron chi connectivity index (χ2n) is 17.0. The van der Waals surface area contributed by atoms with Crippen molar-refractivity contribution in [1.29, 1.82) is 0 Å². The largest absolute Gasteiger partial charge is 0.310 e. The second-order valence-corrected chi connectivity index (χ2v) is 17.0. The SMILES string of the molecule is c1ccc(-c2ccc(-c3ccc(N(c4ccc5c(c4)C4(c6ccccc6-5)C5CC6CC(C5)CC4C6)c4ccc5c(ccc6ccccc65)c4)cc3)cc2)cc1. The highest BCUT2D eigenvalue weighted by atomic mass is 15.1. The molecule has 0 heterocycles. The molecule has 5 aliphatic rings. The molecule has 264 valence electrons. The topological polar surface area (TPSA) is 3.24 Å². The molecule has 4 fully saturated rings. The zero-order chi connectivity index (χ0) is 36.1. The van der Waals surface area contributed by atoms with Crippen LogP contribution >= 0.6 is 0 Å². The van der Waals surface area contributed by atoms with Gasteiger partial charge < -0.3 is 4.90 Å². The molecule has 55 heavy (non-hydrogen) atoms. The Balaban J connectivity index is 1.00. The van der Waals surface area contributed by atoms with Crippen molar-refractivity contribution in [2.75, 3.05) is 4.90 Å². The van der Waals surface area contributed by atoms with Crippen LogP contribution in [-0.2, 0) is 5.41 Å². The van der Waals surface area contributed by atoms with Crippen LogP contribution in [0, 0.1) is 23.7 Å². The summed E-state index contributed by atoms with van der Waals surface area (Å²) in [6.45, 7) is 0. The first kappa shape index (κ1) is 31.4. The van der Waals surface area contributed by atoms with Crippen molar-refractivity contribution in [2.24, 2.45) is 23.7 Å². The molecule has 0 aliphatic heterocycles. The third-order valence-corrected chi connectivity index (χ3v) is 14.2. The lowest BCUT2D eigenvalue weighted by Crippen LogP contribution is -2.55. The molecule has 4 saturated carbocycles. The fraction of sp³-hybridized carbons (Fsp3) is 0.185. The van der Waals surface area contributed by atoms with E-state index < -0.39 is 0 Å². The van der Waals surface area contributed by atoms with Crippen LogP contribution in [0.2, 0.25) is 0 Å². The molecular weight excluding hydrogens is 663 g/mol. The van der Waals surface area contributed by atoms with Gasteiger partial charge in [-0.3, -0.25) is 0 Å². The molecule has 8 aromatic carbocycles. The minimum Gasteiger partial charge on any atom is -0.310 e. The molecule has 13 rings (SSSR count). The first-order valence-electron chi connectivity index (χ1n) is 20.4. The first-order chi connectivity index (χ1) is 27.2. The first-order valence-corrected chi connectivity index (χ1v) is 20.4. The van der Waals surface area contributed by atoms with Crippen LogP contribution in [0.4, 0.5) is 17.1 Å². The Hall–Kier alpha value is -5.92. The van der Waals surface area contributed by atoms with Crippen molar-refractivity contribution in [1.82, 2.24) is 0 Å². The predicted molar refractivity (Wildman–Crippen MR) is 230 cm³/mol. The Morgan fingerprint density at radius 2 is 0.891 bits per heavy atom. The van der Waals surface area contributed by atoms with Crippen LogP contribution in [0.1, 0.15) is 43.2 Å². The predicted octanol–water partition coefficient (Wildman–Crippen LogP) is 14.5. The van der Waals surface area contributed by atoms with Gasteiger partial charge in [-0.25, -0.2) is 0 Å². The van der Waals surface area contributed by atoms with Gasteiger partial charge in [0.2, 0.25) is 0 Å². The third kappa shape index (κ3) is 4.72. The minimum atomic E-state index is 0.124. The van der Waals surface area contributed by atoms with Crippen molar-refractivity contribution in [2.45, 2.75) is 37.5 Å². The summed E-state index contributed by atoms with van der Waals surface area (Å²) in [6.07, 6.45) is 7.03. The fourth-order valence-electron chi connectivity index (χ4n) is 12.2. The maximum Gasteiger partial charge on any atom is 0.0468 e. The summed E-state index contributed by atoms with van der Waals surface area (Å²) in [6, 6.07) is 66.2. The molecule has 0 N–H and O–H groups in total. The molecule has 5 aliphatic carbocycles. The molecule has 1 nitrogen and oxygen atoms in total. The molecule has 0 radical (unpaired) electrons. The number of hydrogen-bond donors (Lipinski definition) is 0. The van der Waals surface area contributed by atoms with E-state index in [9.17, 15) is 0 Å². The highest BCUT2D eigenvalue weighted by Crippen LogP contribution is 2.69. The van der Waals surface area contributed by atoms with Gasteiger partial charge in [0.1, 0.15) is 0 Å². The zero-order valence-corrected chi connectivity index (χ0v) is 31.0. The van der Waals surface area contributed by atoms with Crippen molar-refractivity contribution in [3.05, 3.63) is 187 Å². The van der Waals surface area contributed by atoms with E-state index in [2.05, 4.69) is 181 Å². The summed E-state index contributed by atoms with van der Waals surface area (Å²) in [4.78, 5) is 2.52. The van der Waals surface area contributed by atoms with E-state index >= 15 is 0 Å². The average Bonchev–Trinajstić information content (AvgIpc) is 3.53. The van der Waals surface area contributed by atoms with E-state index in [1.165, 1.54) is 104 Å². The number of hydrogen-bond acceptors (Lipinski definition) is 1. The Morgan fingerprint density at radius 3 is 1.64 bits per heavy atom. The molecule has 0 unspecified atom stereocenters. The normalized spacial score (nSPS) is 23.0. The van der Waals surface area contributed by atoms with Crippen LogP contribution in [0.3, 0.4) is 0 Å². The molecule has 4 bridgehead atoms. The molecule has 0 atom stereocenters. The number of benzene rings is 8. The van der Waals surface area contributed by atoms with Gasteiger partial charge in [-0.15, -0.1) is 0 Å². The highest BCUT2D eigenvalue weighted by Gasteiger charge is 2.61. The lowest BCUT2D eigenvalue weighted by Gasteiger charge is -2.61. The monoisotopic (exact) mass is 705 g/mol. The summed E-state index contributed by atoms with van der Waals surface area (Å²) < 4.78 is 0. The Kier molecular flexibility index (Phi) is 6.88. The van der Waals surface area contributed by atoms with E-state index in [4.69, 9.17) is 0 Å². The van der Waals surface area contributed by atoms with Crippen molar-refractivity contribution >= 4 is 38.6 Å². The van der Waals surface area contributed by atoms with Gasteiger partial charge in [0.25, 0.3) is 0 Å². The third-order valence-electron chi connectivity index (χ3n) is 14.2. The summed E-state index contributed by atoms with van der Waals surface area (Å²) in [5, 5.41) is 5.15. The van der Waals surface area contributed by atoms with Gasteiger partial charge in [0.15, 0.2) is 0 Å².